The average molecular weight is 397 g/mol. The predicted octanol–water partition coefficient (Wildman–Crippen LogP) is 3.67. The number of amides is 1. The Kier molecular flexibility index (Phi) is 6.15. The second-order valence-corrected chi connectivity index (χ2v) is 9.31. The summed E-state index contributed by atoms with van der Waals surface area (Å²) in [6, 6.07) is 16.9. The van der Waals surface area contributed by atoms with Crippen molar-refractivity contribution >= 4 is 15.7 Å². The summed E-state index contributed by atoms with van der Waals surface area (Å²) >= 11 is 0. The summed E-state index contributed by atoms with van der Waals surface area (Å²) in [7, 11) is -3.22. The van der Waals surface area contributed by atoms with Crippen molar-refractivity contribution in [1.29, 1.82) is 5.26 Å². The van der Waals surface area contributed by atoms with E-state index in [1.165, 1.54) is 6.26 Å². The van der Waals surface area contributed by atoms with E-state index in [2.05, 4.69) is 17.4 Å². The van der Waals surface area contributed by atoms with Gasteiger partial charge in [0, 0.05) is 12.2 Å². The van der Waals surface area contributed by atoms with Crippen molar-refractivity contribution < 1.29 is 13.2 Å². The maximum atomic E-state index is 12.5. The Labute approximate surface area is 166 Å². The number of nitrogens with one attached hydrogen (secondary N) is 1. The van der Waals surface area contributed by atoms with Crippen LogP contribution in [0.2, 0.25) is 0 Å². The molecule has 0 aromatic heterocycles. The number of benzene rings is 2. The molecule has 146 valence electrons. The van der Waals surface area contributed by atoms with Crippen molar-refractivity contribution in [3.8, 4) is 17.2 Å². The highest BCUT2D eigenvalue weighted by atomic mass is 32.2. The predicted molar refractivity (Wildman–Crippen MR) is 108 cm³/mol. The van der Waals surface area contributed by atoms with Gasteiger partial charge in [-0.05, 0) is 47.6 Å². The van der Waals surface area contributed by atoms with E-state index in [0.29, 0.717) is 4.90 Å². The molecule has 1 N–H and O–H groups in total. The Bertz CT molecular complexity index is 991. The molecule has 0 heterocycles. The zero-order valence-corrected chi connectivity index (χ0v) is 16.7. The highest BCUT2D eigenvalue weighted by Crippen LogP contribution is 2.39. The number of hydrogen-bond donors (Lipinski definition) is 1. The van der Waals surface area contributed by atoms with Crippen LogP contribution < -0.4 is 5.32 Å². The quantitative estimate of drug-likeness (QED) is 0.781. The van der Waals surface area contributed by atoms with E-state index in [1.54, 1.807) is 12.1 Å². The van der Waals surface area contributed by atoms with Crippen molar-refractivity contribution in [1.82, 2.24) is 5.32 Å². The molecule has 3 rings (SSSR count). The Balaban J connectivity index is 1.87. The van der Waals surface area contributed by atoms with Crippen LogP contribution >= 0.6 is 0 Å². The fraction of sp³-hybridized carbons (Fsp3) is 0.364. The van der Waals surface area contributed by atoms with Crippen LogP contribution in [0.25, 0.3) is 11.1 Å². The van der Waals surface area contributed by atoms with Crippen LogP contribution in [0.4, 0.5) is 0 Å². The van der Waals surface area contributed by atoms with Crippen molar-refractivity contribution in [2.75, 3.05) is 12.8 Å². The summed E-state index contributed by atoms with van der Waals surface area (Å²) in [6.07, 6.45) is 5.08. The summed E-state index contributed by atoms with van der Waals surface area (Å²) in [5.74, 6) is -0.0400. The number of carbonyl (C=O) groups is 1. The van der Waals surface area contributed by atoms with Gasteiger partial charge in [-0.15, -0.1) is 0 Å². The third-order valence-corrected chi connectivity index (χ3v) is 6.50. The van der Waals surface area contributed by atoms with Crippen molar-refractivity contribution in [2.24, 2.45) is 5.92 Å². The smallest absolute Gasteiger partial charge is 0.224 e. The first-order chi connectivity index (χ1) is 13.4. The van der Waals surface area contributed by atoms with Crippen LogP contribution in [0.3, 0.4) is 0 Å². The van der Waals surface area contributed by atoms with Gasteiger partial charge in [-0.3, -0.25) is 4.79 Å². The Morgan fingerprint density at radius 2 is 1.82 bits per heavy atom. The highest BCUT2D eigenvalue weighted by Gasteiger charge is 2.31. The number of rotatable bonds is 5. The summed E-state index contributed by atoms with van der Waals surface area (Å²) in [5.41, 5.74) is 3.05. The monoisotopic (exact) mass is 396 g/mol. The number of carbonyl (C=O) groups excluding carboxylic acids is 1. The van der Waals surface area contributed by atoms with Crippen molar-refractivity contribution in [3.63, 3.8) is 0 Å². The summed E-state index contributed by atoms with van der Waals surface area (Å²) < 4.78 is 23.3. The van der Waals surface area contributed by atoms with Crippen molar-refractivity contribution in [3.05, 3.63) is 54.1 Å². The van der Waals surface area contributed by atoms with E-state index in [0.717, 1.165) is 42.4 Å². The Morgan fingerprint density at radius 3 is 2.50 bits per heavy atom. The van der Waals surface area contributed by atoms with Gasteiger partial charge in [0.15, 0.2) is 9.84 Å². The molecule has 0 radical (unpaired) electrons. The van der Waals surface area contributed by atoms with Crippen LogP contribution in [-0.2, 0) is 14.6 Å². The molecule has 6 heteroatoms. The van der Waals surface area contributed by atoms with E-state index < -0.39 is 9.84 Å². The molecule has 1 saturated carbocycles. The van der Waals surface area contributed by atoms with E-state index >= 15 is 0 Å². The third kappa shape index (κ3) is 4.60. The standard InChI is InChI=1S/C22H24N2O3S/c1-28(26,27)19-11-9-16(10-12-19)17-5-4-6-18(15-17)20-7-2-3-8-21(20)22(25)24-14-13-23/h4-6,9-12,15,20-21H,2-3,7-8,14H2,1H3,(H,24,25). The number of sulfone groups is 1. The van der Waals surface area contributed by atoms with E-state index in [9.17, 15) is 13.2 Å². The van der Waals surface area contributed by atoms with Crippen LogP contribution in [0, 0.1) is 17.2 Å². The molecule has 0 bridgehead atoms. The maximum absolute atomic E-state index is 12.5. The van der Waals surface area contributed by atoms with Gasteiger partial charge in [0.25, 0.3) is 0 Å². The van der Waals surface area contributed by atoms with E-state index in [-0.39, 0.29) is 24.3 Å². The number of nitrogens with zero attached hydrogens (tertiary/aromatic N) is 1. The molecule has 2 aromatic rings. The molecule has 0 saturated heterocycles. The molecule has 2 aromatic carbocycles. The molecule has 2 atom stereocenters. The Morgan fingerprint density at radius 1 is 1.11 bits per heavy atom. The van der Waals surface area contributed by atoms with Gasteiger partial charge in [-0.25, -0.2) is 8.42 Å². The molecule has 2 unspecified atom stereocenters. The van der Waals surface area contributed by atoms with Crippen LogP contribution in [0.5, 0.6) is 0 Å². The largest absolute Gasteiger partial charge is 0.343 e. The van der Waals surface area contributed by atoms with Gasteiger partial charge in [0.2, 0.25) is 5.91 Å². The lowest BCUT2D eigenvalue weighted by atomic mass is 9.74. The molecule has 28 heavy (non-hydrogen) atoms. The minimum absolute atomic E-state index is 0.0365. The summed E-state index contributed by atoms with van der Waals surface area (Å²) in [6.45, 7) is 0.0365. The summed E-state index contributed by atoms with van der Waals surface area (Å²) in [5, 5.41) is 11.4. The minimum Gasteiger partial charge on any atom is -0.343 e. The average Bonchev–Trinajstić information content (AvgIpc) is 2.71. The molecule has 1 aliphatic rings. The van der Waals surface area contributed by atoms with Gasteiger partial charge in [-0.1, -0.05) is 49.2 Å². The minimum atomic E-state index is -3.22. The van der Waals surface area contributed by atoms with Crippen LogP contribution in [0.1, 0.15) is 37.2 Å². The van der Waals surface area contributed by atoms with Gasteiger partial charge in [-0.2, -0.15) is 5.26 Å². The molecular formula is C22H24N2O3S. The normalized spacial score (nSPS) is 19.6. The fourth-order valence-corrected chi connectivity index (χ4v) is 4.58. The molecule has 1 fully saturated rings. The van der Waals surface area contributed by atoms with E-state index in [1.807, 2.05) is 30.3 Å². The zero-order valence-electron chi connectivity index (χ0n) is 15.9. The first-order valence-electron chi connectivity index (χ1n) is 9.45. The molecule has 0 aliphatic heterocycles. The SMILES string of the molecule is CS(=O)(=O)c1ccc(-c2cccc(C3CCCCC3C(=O)NCC#N)c2)cc1. The lowest BCUT2D eigenvalue weighted by Gasteiger charge is -2.31. The zero-order chi connectivity index (χ0) is 20.1. The maximum Gasteiger partial charge on any atom is 0.224 e. The third-order valence-electron chi connectivity index (χ3n) is 5.37. The van der Waals surface area contributed by atoms with Gasteiger partial charge in [0.05, 0.1) is 11.0 Å². The molecule has 5 nitrogen and oxygen atoms in total. The number of hydrogen-bond acceptors (Lipinski definition) is 4. The first-order valence-corrected chi connectivity index (χ1v) is 11.3. The fourth-order valence-electron chi connectivity index (χ4n) is 3.94. The topological polar surface area (TPSA) is 87.0 Å². The summed E-state index contributed by atoms with van der Waals surface area (Å²) in [4.78, 5) is 12.8. The second kappa shape index (κ2) is 8.57. The Hall–Kier alpha value is -2.65. The van der Waals surface area contributed by atoms with Gasteiger partial charge in [0.1, 0.15) is 6.54 Å². The first kappa shape index (κ1) is 20.1. The van der Waals surface area contributed by atoms with Crippen molar-refractivity contribution in [2.45, 2.75) is 36.5 Å². The highest BCUT2D eigenvalue weighted by molar-refractivity contribution is 7.90. The second-order valence-electron chi connectivity index (χ2n) is 7.30. The lowest BCUT2D eigenvalue weighted by molar-refractivity contribution is -0.126. The molecular weight excluding hydrogens is 372 g/mol. The van der Waals surface area contributed by atoms with Gasteiger partial charge < -0.3 is 5.32 Å². The lowest BCUT2D eigenvalue weighted by Crippen LogP contribution is -2.36. The van der Waals surface area contributed by atoms with Crippen LogP contribution in [-0.4, -0.2) is 27.1 Å². The van der Waals surface area contributed by atoms with Crippen LogP contribution in [0.15, 0.2) is 53.4 Å². The molecule has 0 spiro atoms. The number of nitriles is 1. The molecule has 1 aliphatic carbocycles. The van der Waals surface area contributed by atoms with E-state index in [4.69, 9.17) is 5.26 Å². The van der Waals surface area contributed by atoms with Gasteiger partial charge >= 0.3 is 0 Å². The molecule has 1 amide bonds.